The lowest BCUT2D eigenvalue weighted by atomic mass is 10.3. The fraction of sp³-hybridized carbons (Fsp3) is 1.00. The van der Waals surface area contributed by atoms with E-state index in [0.717, 1.165) is 6.42 Å². The molecule has 7 heavy (non-hydrogen) atoms. The first-order chi connectivity index (χ1) is 3.39. The first kappa shape index (κ1) is 5.03. The summed E-state index contributed by atoms with van der Waals surface area (Å²) in [6.45, 7) is 2.57. The number of hydrogen-bond acceptors (Lipinski definition) is 3. The minimum atomic E-state index is 0.189. The van der Waals surface area contributed by atoms with Gasteiger partial charge in [0.2, 0.25) is 0 Å². The van der Waals surface area contributed by atoms with Gasteiger partial charge in [0, 0.05) is 6.42 Å². The third-order valence-electron chi connectivity index (χ3n) is 0.859. The van der Waals surface area contributed by atoms with Gasteiger partial charge in [0.05, 0.1) is 12.7 Å². The van der Waals surface area contributed by atoms with Crippen LogP contribution in [0.3, 0.4) is 0 Å². The van der Waals surface area contributed by atoms with Crippen molar-refractivity contribution in [2.75, 3.05) is 6.61 Å². The lowest BCUT2D eigenvalue weighted by Gasteiger charge is -2.14. The molecule has 3 heteroatoms. The summed E-state index contributed by atoms with van der Waals surface area (Å²) in [6, 6.07) is 0. The van der Waals surface area contributed by atoms with Crippen molar-refractivity contribution in [2.24, 2.45) is 0 Å². The Labute approximate surface area is 42.0 Å². The topological polar surface area (TPSA) is 27.7 Å². The zero-order chi connectivity index (χ0) is 5.11. The maximum Gasteiger partial charge on any atom is 0.0956 e. The summed E-state index contributed by atoms with van der Waals surface area (Å²) < 4.78 is 0. The van der Waals surface area contributed by atoms with Crippen molar-refractivity contribution in [1.29, 1.82) is 0 Å². The van der Waals surface area contributed by atoms with Crippen LogP contribution < -0.4 is 0 Å². The predicted octanol–water partition coefficient (Wildman–Crippen LogP) is 0.658. The van der Waals surface area contributed by atoms with Crippen molar-refractivity contribution in [1.82, 2.24) is 0 Å². The molecular formula is C4H8O3. The average molecular weight is 104 g/mol. The molecule has 0 aromatic heterocycles. The van der Waals surface area contributed by atoms with Crippen molar-refractivity contribution in [3.63, 3.8) is 0 Å². The van der Waals surface area contributed by atoms with Gasteiger partial charge in [0.15, 0.2) is 0 Å². The molecule has 1 rings (SSSR count). The van der Waals surface area contributed by atoms with Gasteiger partial charge in [-0.25, -0.2) is 9.78 Å². The van der Waals surface area contributed by atoms with Crippen LogP contribution >= 0.6 is 0 Å². The maximum absolute atomic E-state index is 4.56. The predicted molar refractivity (Wildman–Crippen MR) is 22.2 cm³/mol. The van der Waals surface area contributed by atoms with E-state index in [-0.39, 0.29) is 6.10 Å². The van der Waals surface area contributed by atoms with E-state index >= 15 is 0 Å². The smallest absolute Gasteiger partial charge is 0.0956 e. The van der Waals surface area contributed by atoms with Crippen LogP contribution in [-0.2, 0) is 14.8 Å². The molecule has 0 aromatic rings. The minimum absolute atomic E-state index is 0.189. The Morgan fingerprint density at radius 3 is 2.71 bits per heavy atom. The first-order valence-electron chi connectivity index (χ1n) is 2.34. The van der Waals surface area contributed by atoms with Gasteiger partial charge >= 0.3 is 0 Å². The summed E-state index contributed by atoms with van der Waals surface area (Å²) in [7, 11) is 0. The van der Waals surface area contributed by atoms with E-state index < -0.39 is 0 Å². The monoisotopic (exact) mass is 104 g/mol. The molecule has 1 heterocycles. The molecule has 3 nitrogen and oxygen atoms in total. The molecule has 0 aliphatic carbocycles. The van der Waals surface area contributed by atoms with E-state index in [1.54, 1.807) is 0 Å². The van der Waals surface area contributed by atoms with Crippen molar-refractivity contribution in [2.45, 2.75) is 19.4 Å². The van der Waals surface area contributed by atoms with Gasteiger partial charge in [-0.1, -0.05) is 5.04 Å². The third-order valence-corrected chi connectivity index (χ3v) is 0.859. The van der Waals surface area contributed by atoms with E-state index in [1.165, 1.54) is 0 Å². The molecule has 1 aliphatic rings. The summed E-state index contributed by atoms with van der Waals surface area (Å²) in [5, 5.41) is 4.18. The molecule has 0 aromatic carbocycles. The molecule has 0 N–H and O–H groups in total. The molecule has 0 spiro atoms. The highest BCUT2D eigenvalue weighted by Crippen LogP contribution is 2.04. The summed E-state index contributed by atoms with van der Waals surface area (Å²) in [5.74, 6) is 0. The second kappa shape index (κ2) is 2.26. The zero-order valence-electron chi connectivity index (χ0n) is 4.22. The van der Waals surface area contributed by atoms with Gasteiger partial charge in [-0.05, 0) is 6.92 Å². The molecular weight excluding hydrogens is 96.0 g/mol. The van der Waals surface area contributed by atoms with Crippen LogP contribution in [0.1, 0.15) is 13.3 Å². The SMILES string of the molecule is C[C@H]1CCOOO1. The molecule has 0 amide bonds. The maximum atomic E-state index is 4.56. The lowest BCUT2D eigenvalue weighted by Crippen LogP contribution is -2.18. The van der Waals surface area contributed by atoms with Gasteiger partial charge in [-0.3, -0.25) is 0 Å². The first-order valence-corrected chi connectivity index (χ1v) is 2.34. The van der Waals surface area contributed by atoms with Gasteiger partial charge in [-0.2, -0.15) is 0 Å². The Balaban J connectivity index is 2.12. The van der Waals surface area contributed by atoms with E-state index in [1.807, 2.05) is 6.92 Å². The van der Waals surface area contributed by atoms with Gasteiger partial charge < -0.3 is 0 Å². The number of hydrogen-bond donors (Lipinski definition) is 0. The standard InChI is InChI=1S/C4H8O3/c1-4-2-3-5-7-6-4/h4H,2-3H2,1H3/t4-/m0/s1. The van der Waals surface area contributed by atoms with Crippen molar-refractivity contribution in [3.05, 3.63) is 0 Å². The molecule has 0 bridgehead atoms. The van der Waals surface area contributed by atoms with Gasteiger partial charge in [0.25, 0.3) is 0 Å². The highest BCUT2D eigenvalue weighted by molar-refractivity contribution is 4.45. The summed E-state index contributed by atoms with van der Waals surface area (Å²) in [6.07, 6.45) is 1.11. The van der Waals surface area contributed by atoms with Gasteiger partial charge in [-0.15, -0.1) is 0 Å². The molecule has 1 saturated heterocycles. The molecule has 1 atom stereocenters. The fourth-order valence-corrected chi connectivity index (χ4v) is 0.391. The molecule has 0 radical (unpaired) electrons. The Morgan fingerprint density at radius 2 is 2.43 bits per heavy atom. The second-order valence-electron chi connectivity index (χ2n) is 1.59. The molecule has 0 saturated carbocycles. The van der Waals surface area contributed by atoms with Crippen LogP contribution in [0.25, 0.3) is 0 Å². The van der Waals surface area contributed by atoms with Crippen molar-refractivity contribution >= 4 is 0 Å². The van der Waals surface area contributed by atoms with Crippen LogP contribution in [0.4, 0.5) is 0 Å². The van der Waals surface area contributed by atoms with Crippen molar-refractivity contribution < 1.29 is 14.8 Å². The summed E-state index contributed by atoms with van der Waals surface area (Å²) in [4.78, 5) is 8.97. The Morgan fingerprint density at radius 1 is 1.57 bits per heavy atom. The van der Waals surface area contributed by atoms with Crippen molar-refractivity contribution in [3.8, 4) is 0 Å². The fourth-order valence-electron chi connectivity index (χ4n) is 0.391. The van der Waals surface area contributed by atoms with E-state index in [4.69, 9.17) is 0 Å². The van der Waals surface area contributed by atoms with Crippen LogP contribution in [0, 0.1) is 0 Å². The zero-order valence-corrected chi connectivity index (χ0v) is 4.22. The third kappa shape index (κ3) is 1.43. The molecule has 42 valence electrons. The second-order valence-corrected chi connectivity index (χ2v) is 1.59. The van der Waals surface area contributed by atoms with E-state index in [0.29, 0.717) is 6.61 Å². The van der Waals surface area contributed by atoms with Crippen LogP contribution in [-0.4, -0.2) is 12.7 Å². The summed E-state index contributed by atoms with van der Waals surface area (Å²) in [5.41, 5.74) is 0. The number of rotatable bonds is 0. The largest absolute Gasteiger partial charge is 0.206 e. The van der Waals surface area contributed by atoms with Crippen LogP contribution in [0.15, 0.2) is 0 Å². The Hall–Kier alpha value is -0.120. The normalized spacial score (nSPS) is 33.0. The highest BCUT2D eigenvalue weighted by atomic mass is 17.5. The highest BCUT2D eigenvalue weighted by Gasteiger charge is 2.08. The van der Waals surface area contributed by atoms with Gasteiger partial charge in [0.1, 0.15) is 0 Å². The van der Waals surface area contributed by atoms with E-state index in [9.17, 15) is 0 Å². The average Bonchev–Trinajstić information content (AvgIpc) is 1.69. The van der Waals surface area contributed by atoms with Crippen LogP contribution in [0.5, 0.6) is 0 Å². The molecule has 1 aliphatic heterocycles. The quantitative estimate of drug-likeness (QED) is 0.422. The minimum Gasteiger partial charge on any atom is -0.206 e. The van der Waals surface area contributed by atoms with E-state index in [2.05, 4.69) is 14.8 Å². The molecule has 0 unspecified atom stereocenters. The summed E-state index contributed by atoms with van der Waals surface area (Å²) >= 11 is 0. The Bertz CT molecular complexity index is 48.9. The lowest BCUT2D eigenvalue weighted by molar-refractivity contribution is -0.546. The van der Waals surface area contributed by atoms with Crippen LogP contribution in [0.2, 0.25) is 0 Å². The Kier molecular flexibility index (Phi) is 1.62. The molecule has 1 fully saturated rings.